The van der Waals surface area contributed by atoms with Gasteiger partial charge < -0.3 is 10.1 Å². The highest BCUT2D eigenvalue weighted by Gasteiger charge is 2.24. The molecule has 1 N–H and O–H groups in total. The molecule has 4 nitrogen and oxygen atoms in total. The van der Waals surface area contributed by atoms with Crippen molar-refractivity contribution in [2.24, 2.45) is 0 Å². The number of aromatic nitrogens is 2. The maximum atomic E-state index is 5.69. The second-order valence-electron chi connectivity index (χ2n) is 4.07. The van der Waals surface area contributed by atoms with Gasteiger partial charge in [-0.2, -0.15) is 0 Å². The molecular weight excluding hydrogens is 234 g/mol. The Bertz CT molecular complexity index is 389. The highest BCUT2D eigenvalue weighted by molar-refractivity contribution is 7.05. The predicted octanol–water partition coefficient (Wildman–Crippen LogP) is 2.45. The molecule has 1 aliphatic rings. The van der Waals surface area contributed by atoms with Gasteiger partial charge in [0.25, 0.3) is 0 Å². The zero-order valence-electron chi connectivity index (χ0n) is 10.4. The Morgan fingerprint density at radius 1 is 1.53 bits per heavy atom. The van der Waals surface area contributed by atoms with E-state index in [1.54, 1.807) is 0 Å². The van der Waals surface area contributed by atoms with E-state index in [2.05, 4.69) is 34.8 Å². The first kappa shape index (κ1) is 12.5. The number of nitrogens with one attached hydrogen (secondary N) is 1. The zero-order valence-corrected chi connectivity index (χ0v) is 11.2. The first-order valence-electron chi connectivity index (χ1n) is 6.24. The van der Waals surface area contributed by atoms with Crippen molar-refractivity contribution in [3.63, 3.8) is 0 Å². The lowest BCUT2D eigenvalue weighted by atomic mass is 10.1. The first-order chi connectivity index (χ1) is 8.36. The molecule has 5 heteroatoms. The Kier molecular flexibility index (Phi) is 4.50. The molecule has 2 heterocycles. The monoisotopic (exact) mass is 253 g/mol. The SMILES string of the molecule is CCCNC(C1=CCCO1)c1snnc1CC. The predicted molar refractivity (Wildman–Crippen MR) is 69.0 cm³/mol. The fourth-order valence-electron chi connectivity index (χ4n) is 1.93. The molecule has 0 saturated heterocycles. The van der Waals surface area contributed by atoms with E-state index in [0.717, 1.165) is 43.9 Å². The van der Waals surface area contributed by atoms with Crippen molar-refractivity contribution in [1.29, 1.82) is 0 Å². The average molecular weight is 253 g/mol. The minimum atomic E-state index is 0.146. The van der Waals surface area contributed by atoms with Crippen LogP contribution in [0, 0.1) is 0 Å². The maximum absolute atomic E-state index is 5.69. The molecular formula is C12H19N3OS. The van der Waals surface area contributed by atoms with Gasteiger partial charge in [0.2, 0.25) is 0 Å². The third kappa shape index (κ3) is 2.84. The van der Waals surface area contributed by atoms with Gasteiger partial charge in [-0.15, -0.1) is 5.10 Å². The van der Waals surface area contributed by atoms with Crippen LogP contribution in [0.5, 0.6) is 0 Å². The maximum Gasteiger partial charge on any atom is 0.115 e. The van der Waals surface area contributed by atoms with Gasteiger partial charge in [-0.05, 0) is 37.0 Å². The molecule has 1 aromatic heterocycles. The first-order valence-corrected chi connectivity index (χ1v) is 7.01. The molecule has 0 fully saturated rings. The smallest absolute Gasteiger partial charge is 0.115 e. The number of hydrogen-bond donors (Lipinski definition) is 1. The molecule has 0 spiro atoms. The molecule has 0 aromatic carbocycles. The lowest BCUT2D eigenvalue weighted by Gasteiger charge is -2.18. The molecule has 0 bridgehead atoms. The fourth-order valence-corrected chi connectivity index (χ4v) is 2.75. The average Bonchev–Trinajstić information content (AvgIpc) is 3.00. The number of aryl methyl sites for hydroxylation is 1. The van der Waals surface area contributed by atoms with E-state index in [4.69, 9.17) is 4.74 Å². The van der Waals surface area contributed by atoms with Gasteiger partial charge in [-0.3, -0.25) is 0 Å². The molecule has 1 aromatic rings. The number of nitrogens with zero attached hydrogens (tertiary/aromatic N) is 2. The molecule has 1 atom stereocenters. The normalized spacial score (nSPS) is 16.7. The molecule has 0 amide bonds. The van der Waals surface area contributed by atoms with Crippen LogP contribution in [0.4, 0.5) is 0 Å². The molecule has 0 radical (unpaired) electrons. The van der Waals surface area contributed by atoms with Crippen LogP contribution in [0.25, 0.3) is 0 Å². The van der Waals surface area contributed by atoms with Gasteiger partial charge in [0.05, 0.1) is 17.2 Å². The van der Waals surface area contributed by atoms with Crippen molar-refractivity contribution in [2.45, 2.75) is 39.2 Å². The van der Waals surface area contributed by atoms with Crippen LogP contribution >= 0.6 is 11.5 Å². The minimum absolute atomic E-state index is 0.146. The Morgan fingerprint density at radius 2 is 2.41 bits per heavy atom. The van der Waals surface area contributed by atoms with E-state index < -0.39 is 0 Å². The fraction of sp³-hybridized carbons (Fsp3) is 0.667. The number of hydrogen-bond acceptors (Lipinski definition) is 5. The molecule has 1 aliphatic heterocycles. The van der Waals surface area contributed by atoms with Crippen molar-refractivity contribution in [3.05, 3.63) is 22.4 Å². The van der Waals surface area contributed by atoms with Gasteiger partial charge >= 0.3 is 0 Å². The van der Waals surface area contributed by atoms with Crippen LogP contribution < -0.4 is 5.32 Å². The van der Waals surface area contributed by atoms with Gasteiger partial charge in [0, 0.05) is 6.42 Å². The quantitative estimate of drug-likeness (QED) is 0.846. The topological polar surface area (TPSA) is 47.0 Å². The van der Waals surface area contributed by atoms with Crippen LogP contribution in [0.15, 0.2) is 11.8 Å². The Hall–Kier alpha value is -0.940. The number of rotatable bonds is 6. The Labute approximate surface area is 106 Å². The van der Waals surface area contributed by atoms with Gasteiger partial charge in [-0.1, -0.05) is 18.3 Å². The molecule has 2 rings (SSSR count). The largest absolute Gasteiger partial charge is 0.496 e. The summed E-state index contributed by atoms with van der Waals surface area (Å²) in [6.07, 6.45) is 5.21. The highest BCUT2D eigenvalue weighted by atomic mass is 32.1. The third-order valence-corrected chi connectivity index (χ3v) is 3.63. The lowest BCUT2D eigenvalue weighted by molar-refractivity contribution is 0.216. The van der Waals surface area contributed by atoms with Crippen molar-refractivity contribution in [1.82, 2.24) is 14.9 Å². The van der Waals surface area contributed by atoms with E-state index in [1.807, 2.05) is 0 Å². The van der Waals surface area contributed by atoms with E-state index in [1.165, 1.54) is 16.4 Å². The van der Waals surface area contributed by atoms with E-state index >= 15 is 0 Å². The van der Waals surface area contributed by atoms with Gasteiger partial charge in [0.1, 0.15) is 11.8 Å². The Balaban J connectivity index is 2.19. The summed E-state index contributed by atoms with van der Waals surface area (Å²) in [5, 5.41) is 7.71. The summed E-state index contributed by atoms with van der Waals surface area (Å²) >= 11 is 1.48. The number of ether oxygens (including phenoxy) is 1. The standard InChI is InChI=1S/C12H19N3OS/c1-3-7-13-11(10-6-5-8-16-10)12-9(4-2)14-15-17-12/h6,11,13H,3-5,7-8H2,1-2H3. The molecule has 17 heavy (non-hydrogen) atoms. The summed E-state index contributed by atoms with van der Waals surface area (Å²) in [6.45, 7) is 6.06. The highest BCUT2D eigenvalue weighted by Crippen LogP contribution is 2.30. The minimum Gasteiger partial charge on any atom is -0.496 e. The summed E-state index contributed by atoms with van der Waals surface area (Å²) in [4.78, 5) is 1.20. The van der Waals surface area contributed by atoms with Crippen LogP contribution in [-0.4, -0.2) is 22.7 Å². The van der Waals surface area contributed by atoms with Crippen LogP contribution in [0.3, 0.4) is 0 Å². The van der Waals surface area contributed by atoms with E-state index in [9.17, 15) is 0 Å². The Morgan fingerprint density at radius 3 is 3.06 bits per heavy atom. The molecule has 94 valence electrons. The van der Waals surface area contributed by atoms with Crippen LogP contribution in [-0.2, 0) is 11.2 Å². The third-order valence-electron chi connectivity index (χ3n) is 2.80. The summed E-state index contributed by atoms with van der Waals surface area (Å²) in [7, 11) is 0. The van der Waals surface area contributed by atoms with Gasteiger partial charge in [-0.25, -0.2) is 0 Å². The van der Waals surface area contributed by atoms with Crippen molar-refractivity contribution >= 4 is 11.5 Å². The summed E-state index contributed by atoms with van der Waals surface area (Å²) in [5.74, 6) is 1.04. The molecule has 1 unspecified atom stereocenters. The molecule has 0 aliphatic carbocycles. The van der Waals surface area contributed by atoms with Crippen molar-refractivity contribution in [2.75, 3.05) is 13.2 Å². The second-order valence-corrected chi connectivity index (χ2v) is 4.85. The van der Waals surface area contributed by atoms with Crippen LogP contribution in [0.1, 0.15) is 43.3 Å². The van der Waals surface area contributed by atoms with Gasteiger partial charge in [0.15, 0.2) is 0 Å². The zero-order chi connectivity index (χ0) is 12.1. The van der Waals surface area contributed by atoms with Crippen molar-refractivity contribution < 1.29 is 4.74 Å². The molecule has 0 saturated carbocycles. The lowest BCUT2D eigenvalue weighted by Crippen LogP contribution is -2.24. The van der Waals surface area contributed by atoms with Crippen LogP contribution in [0.2, 0.25) is 0 Å². The summed E-state index contributed by atoms with van der Waals surface area (Å²) in [5.41, 5.74) is 1.08. The summed E-state index contributed by atoms with van der Waals surface area (Å²) in [6, 6.07) is 0.146. The van der Waals surface area contributed by atoms with E-state index in [-0.39, 0.29) is 6.04 Å². The van der Waals surface area contributed by atoms with E-state index in [0.29, 0.717) is 0 Å². The second kappa shape index (κ2) is 6.12. The van der Waals surface area contributed by atoms with Crippen molar-refractivity contribution in [3.8, 4) is 0 Å². The summed E-state index contributed by atoms with van der Waals surface area (Å²) < 4.78 is 9.75.